The highest BCUT2D eigenvalue weighted by molar-refractivity contribution is 7.91. The van der Waals surface area contributed by atoms with Gasteiger partial charge in [-0.1, -0.05) is 60.7 Å². The lowest BCUT2D eigenvalue weighted by Gasteiger charge is -2.14. The van der Waals surface area contributed by atoms with Crippen LogP contribution in [0.1, 0.15) is 0 Å². The Hall–Kier alpha value is -3.57. The largest absolute Gasteiger partial charge is 0.508 e. The highest BCUT2D eigenvalue weighted by Crippen LogP contribution is 2.36. The number of sulfone groups is 1. The summed E-state index contributed by atoms with van der Waals surface area (Å²) >= 11 is 0. The van der Waals surface area contributed by atoms with Crippen molar-refractivity contribution in [2.24, 2.45) is 0 Å². The van der Waals surface area contributed by atoms with Gasteiger partial charge in [0.05, 0.1) is 9.79 Å². The predicted octanol–water partition coefficient (Wildman–Crippen LogP) is 5.26. The first-order valence-corrected chi connectivity index (χ1v) is 10.5. The number of phenols is 2. The Kier molecular flexibility index (Phi) is 4.82. The van der Waals surface area contributed by atoms with Crippen molar-refractivity contribution in [1.82, 2.24) is 0 Å². The van der Waals surface area contributed by atoms with E-state index in [0.717, 1.165) is 0 Å². The highest BCUT2D eigenvalue weighted by atomic mass is 32.2. The Morgan fingerprint density at radius 3 is 1.21 bits per heavy atom. The second kappa shape index (κ2) is 7.45. The molecule has 4 nitrogen and oxygen atoms in total. The first-order chi connectivity index (χ1) is 14.0. The van der Waals surface area contributed by atoms with Crippen LogP contribution in [0.4, 0.5) is 0 Å². The summed E-state index contributed by atoms with van der Waals surface area (Å²) in [4.78, 5) is 0.383. The maximum absolute atomic E-state index is 13.7. The molecule has 4 aromatic rings. The minimum Gasteiger partial charge on any atom is -0.508 e. The topological polar surface area (TPSA) is 74.6 Å². The molecule has 0 heterocycles. The average Bonchev–Trinajstić information content (AvgIpc) is 2.75. The van der Waals surface area contributed by atoms with Gasteiger partial charge in [-0.15, -0.1) is 0 Å². The SMILES string of the molecule is O=S(=O)(c1ccccc1-c1ccc(O)cc1)c1ccccc1-c1ccc(O)cc1. The van der Waals surface area contributed by atoms with Gasteiger partial charge in [0.15, 0.2) is 0 Å². The zero-order valence-corrected chi connectivity index (χ0v) is 16.2. The first-order valence-electron chi connectivity index (χ1n) is 8.99. The van der Waals surface area contributed by atoms with Crippen LogP contribution in [-0.2, 0) is 9.84 Å². The molecule has 2 N–H and O–H groups in total. The molecule has 0 aliphatic carbocycles. The van der Waals surface area contributed by atoms with Gasteiger partial charge in [-0.2, -0.15) is 0 Å². The lowest BCUT2D eigenvalue weighted by molar-refractivity contribution is 0.475. The Morgan fingerprint density at radius 1 is 0.483 bits per heavy atom. The lowest BCUT2D eigenvalue weighted by atomic mass is 10.1. The second-order valence-electron chi connectivity index (χ2n) is 6.59. The van der Waals surface area contributed by atoms with E-state index >= 15 is 0 Å². The summed E-state index contributed by atoms with van der Waals surface area (Å²) in [5.41, 5.74) is 2.52. The molecule has 0 aromatic heterocycles. The number of hydrogen-bond acceptors (Lipinski definition) is 4. The van der Waals surface area contributed by atoms with E-state index in [1.54, 1.807) is 72.8 Å². The monoisotopic (exact) mass is 402 g/mol. The fourth-order valence-corrected chi connectivity index (χ4v) is 4.98. The van der Waals surface area contributed by atoms with Crippen LogP contribution in [0.3, 0.4) is 0 Å². The molecule has 5 heteroatoms. The maximum Gasteiger partial charge on any atom is 0.207 e. The van der Waals surface area contributed by atoms with Gasteiger partial charge in [0.1, 0.15) is 11.5 Å². The maximum atomic E-state index is 13.7. The summed E-state index contributed by atoms with van der Waals surface area (Å²) < 4.78 is 27.3. The third-order valence-corrected chi connectivity index (χ3v) is 6.58. The van der Waals surface area contributed by atoms with Crippen molar-refractivity contribution in [3.63, 3.8) is 0 Å². The molecule has 0 aliphatic heterocycles. The van der Waals surface area contributed by atoms with E-state index in [1.807, 2.05) is 0 Å². The first kappa shape index (κ1) is 18.8. The summed E-state index contributed by atoms with van der Waals surface area (Å²) in [6.07, 6.45) is 0. The van der Waals surface area contributed by atoms with Crippen molar-refractivity contribution >= 4 is 9.84 Å². The molecule has 0 atom stereocenters. The van der Waals surface area contributed by atoms with Gasteiger partial charge >= 0.3 is 0 Å². The molecule has 0 spiro atoms. The smallest absolute Gasteiger partial charge is 0.207 e. The minimum atomic E-state index is -3.84. The van der Waals surface area contributed by atoms with Crippen molar-refractivity contribution in [2.75, 3.05) is 0 Å². The molecule has 0 saturated carbocycles. The molecule has 0 radical (unpaired) electrons. The van der Waals surface area contributed by atoms with Crippen LogP contribution >= 0.6 is 0 Å². The molecule has 0 saturated heterocycles. The summed E-state index contributed by atoms with van der Waals surface area (Å²) in [5.74, 6) is 0.235. The van der Waals surface area contributed by atoms with Crippen LogP contribution in [0.2, 0.25) is 0 Å². The standard InChI is InChI=1S/C24H18O4S/c25-19-13-9-17(10-14-19)21-5-1-3-7-23(21)29(27,28)24-8-4-2-6-22(24)18-11-15-20(26)16-12-18/h1-16,25-26H. The summed E-state index contributed by atoms with van der Waals surface area (Å²) in [6.45, 7) is 0. The van der Waals surface area contributed by atoms with Crippen LogP contribution in [0.25, 0.3) is 22.3 Å². The predicted molar refractivity (Wildman–Crippen MR) is 113 cm³/mol. The molecular formula is C24H18O4S. The average molecular weight is 402 g/mol. The van der Waals surface area contributed by atoms with E-state index in [1.165, 1.54) is 24.3 Å². The Balaban J connectivity index is 1.90. The van der Waals surface area contributed by atoms with Crippen molar-refractivity contribution in [1.29, 1.82) is 0 Å². The van der Waals surface area contributed by atoms with Gasteiger partial charge in [-0.05, 0) is 47.5 Å². The summed E-state index contributed by atoms with van der Waals surface area (Å²) in [5, 5.41) is 19.1. The van der Waals surface area contributed by atoms with Crippen molar-refractivity contribution < 1.29 is 18.6 Å². The van der Waals surface area contributed by atoms with E-state index in [9.17, 15) is 18.6 Å². The summed E-state index contributed by atoms with van der Waals surface area (Å²) in [6, 6.07) is 26.5. The van der Waals surface area contributed by atoms with Crippen LogP contribution in [0, 0.1) is 0 Å². The molecule has 0 amide bonds. The Morgan fingerprint density at radius 2 is 0.828 bits per heavy atom. The third kappa shape index (κ3) is 3.60. The van der Waals surface area contributed by atoms with Gasteiger partial charge in [0.25, 0.3) is 0 Å². The molecule has 4 rings (SSSR count). The van der Waals surface area contributed by atoms with Crippen LogP contribution in [0.15, 0.2) is 107 Å². The van der Waals surface area contributed by atoms with E-state index in [0.29, 0.717) is 22.3 Å². The lowest BCUT2D eigenvalue weighted by Crippen LogP contribution is -2.05. The van der Waals surface area contributed by atoms with E-state index in [-0.39, 0.29) is 21.3 Å². The van der Waals surface area contributed by atoms with Gasteiger partial charge < -0.3 is 10.2 Å². The number of hydrogen-bond donors (Lipinski definition) is 2. The van der Waals surface area contributed by atoms with Crippen molar-refractivity contribution in [2.45, 2.75) is 9.79 Å². The van der Waals surface area contributed by atoms with Crippen LogP contribution in [-0.4, -0.2) is 18.6 Å². The zero-order valence-electron chi connectivity index (χ0n) is 15.4. The third-order valence-electron chi connectivity index (χ3n) is 4.71. The van der Waals surface area contributed by atoms with E-state index in [4.69, 9.17) is 0 Å². The molecule has 0 unspecified atom stereocenters. The number of aromatic hydroxyl groups is 2. The molecular weight excluding hydrogens is 384 g/mol. The van der Waals surface area contributed by atoms with Gasteiger partial charge in [-0.25, -0.2) is 8.42 Å². The van der Waals surface area contributed by atoms with Gasteiger partial charge in [-0.3, -0.25) is 0 Å². The van der Waals surface area contributed by atoms with Crippen LogP contribution < -0.4 is 0 Å². The normalized spacial score (nSPS) is 11.3. The van der Waals surface area contributed by atoms with Crippen molar-refractivity contribution in [3.05, 3.63) is 97.1 Å². The highest BCUT2D eigenvalue weighted by Gasteiger charge is 2.24. The fraction of sp³-hybridized carbons (Fsp3) is 0. The molecule has 0 aliphatic rings. The van der Waals surface area contributed by atoms with E-state index in [2.05, 4.69) is 0 Å². The van der Waals surface area contributed by atoms with Crippen LogP contribution in [0.5, 0.6) is 11.5 Å². The van der Waals surface area contributed by atoms with Gasteiger partial charge in [0.2, 0.25) is 9.84 Å². The Labute approximate surface area is 169 Å². The second-order valence-corrected chi connectivity index (χ2v) is 8.48. The molecule has 0 bridgehead atoms. The zero-order chi connectivity index (χ0) is 20.4. The fourth-order valence-electron chi connectivity index (χ4n) is 3.28. The Bertz CT molecular complexity index is 1160. The molecule has 4 aromatic carbocycles. The summed E-state index contributed by atoms with van der Waals surface area (Å²) in [7, 11) is -3.84. The van der Waals surface area contributed by atoms with Crippen molar-refractivity contribution in [3.8, 4) is 33.8 Å². The number of benzene rings is 4. The molecule has 29 heavy (non-hydrogen) atoms. The van der Waals surface area contributed by atoms with Gasteiger partial charge in [0, 0.05) is 11.1 Å². The minimum absolute atomic E-state index is 0.117. The quantitative estimate of drug-likeness (QED) is 0.488. The molecule has 144 valence electrons. The molecule has 0 fully saturated rings. The van der Waals surface area contributed by atoms with E-state index < -0.39 is 9.84 Å². The number of phenolic OH excluding ortho intramolecular Hbond substituents is 2. The number of rotatable bonds is 4.